The quantitative estimate of drug-likeness (QED) is 0.534. The fourth-order valence-corrected chi connectivity index (χ4v) is 2.02. The molecular formula is C11H16O. The Morgan fingerprint density at radius 1 is 1.42 bits per heavy atom. The van der Waals surface area contributed by atoms with Gasteiger partial charge in [-0.2, -0.15) is 0 Å². The van der Waals surface area contributed by atoms with Crippen molar-refractivity contribution in [3.63, 3.8) is 0 Å². The minimum atomic E-state index is 0.0345. The van der Waals surface area contributed by atoms with Gasteiger partial charge in [0.25, 0.3) is 0 Å². The zero-order valence-corrected chi connectivity index (χ0v) is 8.11. The molecule has 0 unspecified atom stereocenters. The topological polar surface area (TPSA) is 9.23 Å². The number of ether oxygens (including phenoxy) is 1. The van der Waals surface area contributed by atoms with E-state index in [9.17, 15) is 0 Å². The van der Waals surface area contributed by atoms with Gasteiger partial charge in [-0.05, 0) is 44.8 Å². The molecule has 1 aliphatic carbocycles. The fraction of sp³-hybridized carbons (Fsp3) is 0.636. The van der Waals surface area contributed by atoms with Crippen LogP contribution in [0, 0.1) is 0 Å². The largest absolute Gasteiger partial charge is 0.487 e. The Hall–Kier alpha value is -0.720. The van der Waals surface area contributed by atoms with Crippen LogP contribution in [0.5, 0.6) is 0 Å². The molecule has 0 amide bonds. The normalized spacial score (nSPS) is 26.4. The Labute approximate surface area is 74.1 Å². The van der Waals surface area contributed by atoms with Crippen LogP contribution in [0.1, 0.15) is 40.0 Å². The van der Waals surface area contributed by atoms with Crippen LogP contribution in [0.3, 0.4) is 0 Å². The molecule has 0 N–H and O–H groups in total. The Morgan fingerprint density at radius 2 is 2.17 bits per heavy atom. The minimum absolute atomic E-state index is 0.0345. The van der Waals surface area contributed by atoms with Crippen LogP contribution >= 0.6 is 0 Å². The molecule has 12 heavy (non-hydrogen) atoms. The Balaban J connectivity index is 2.37. The summed E-state index contributed by atoms with van der Waals surface area (Å²) in [5.74, 6) is 1.19. The van der Waals surface area contributed by atoms with Gasteiger partial charge in [0.1, 0.15) is 11.4 Å². The van der Waals surface area contributed by atoms with Crippen LogP contribution in [0.25, 0.3) is 0 Å². The highest BCUT2D eigenvalue weighted by Gasteiger charge is 2.34. The number of fused-ring (bicyclic) bond motifs is 1. The summed E-state index contributed by atoms with van der Waals surface area (Å²) in [7, 11) is 0. The first-order chi connectivity index (χ1) is 5.58. The maximum atomic E-state index is 5.88. The first-order valence-electron chi connectivity index (χ1n) is 4.67. The molecule has 0 radical (unpaired) electrons. The van der Waals surface area contributed by atoms with Crippen LogP contribution < -0.4 is 0 Å². The van der Waals surface area contributed by atoms with E-state index in [2.05, 4.69) is 26.8 Å². The first kappa shape index (κ1) is 7.90. The van der Waals surface area contributed by atoms with Gasteiger partial charge in [-0.25, -0.2) is 0 Å². The summed E-state index contributed by atoms with van der Waals surface area (Å²) < 4.78 is 5.88. The Morgan fingerprint density at radius 3 is 2.83 bits per heavy atom. The Kier molecular flexibility index (Phi) is 1.57. The van der Waals surface area contributed by atoms with E-state index in [0.717, 1.165) is 6.42 Å². The molecule has 2 rings (SSSR count). The van der Waals surface area contributed by atoms with E-state index in [0.29, 0.717) is 0 Å². The second kappa shape index (κ2) is 2.38. The Bertz CT molecular complexity index is 269. The van der Waals surface area contributed by atoms with Crippen molar-refractivity contribution in [3.05, 3.63) is 23.0 Å². The van der Waals surface area contributed by atoms with Gasteiger partial charge in [0.15, 0.2) is 0 Å². The molecule has 1 nitrogen and oxygen atoms in total. The molecule has 1 saturated heterocycles. The van der Waals surface area contributed by atoms with Crippen molar-refractivity contribution in [3.8, 4) is 0 Å². The van der Waals surface area contributed by atoms with Crippen LogP contribution in [0.2, 0.25) is 0 Å². The molecule has 2 aliphatic rings. The molecule has 0 aromatic heterocycles. The van der Waals surface area contributed by atoms with Gasteiger partial charge < -0.3 is 4.74 Å². The van der Waals surface area contributed by atoms with Crippen molar-refractivity contribution >= 4 is 0 Å². The molecule has 1 aliphatic heterocycles. The molecule has 0 aromatic carbocycles. The lowest BCUT2D eigenvalue weighted by molar-refractivity contribution is 0.0746. The van der Waals surface area contributed by atoms with E-state index in [1.807, 2.05) is 0 Å². The average molecular weight is 164 g/mol. The second-order valence-corrected chi connectivity index (χ2v) is 4.42. The van der Waals surface area contributed by atoms with E-state index < -0.39 is 0 Å². The summed E-state index contributed by atoms with van der Waals surface area (Å²) in [6.45, 7) is 6.50. The molecular weight excluding hydrogens is 148 g/mol. The average Bonchev–Trinajstić information content (AvgIpc) is 2.25. The maximum Gasteiger partial charge on any atom is 0.122 e. The minimum Gasteiger partial charge on any atom is -0.487 e. The molecule has 1 fully saturated rings. The number of rotatable bonds is 0. The zero-order valence-electron chi connectivity index (χ0n) is 8.11. The van der Waals surface area contributed by atoms with E-state index in [1.54, 1.807) is 0 Å². The number of hydrogen-bond donors (Lipinski definition) is 0. The monoisotopic (exact) mass is 164 g/mol. The highest BCUT2D eigenvalue weighted by molar-refractivity contribution is 5.38. The van der Waals surface area contributed by atoms with E-state index in [1.165, 1.54) is 29.7 Å². The van der Waals surface area contributed by atoms with Crippen molar-refractivity contribution in [2.24, 2.45) is 0 Å². The van der Waals surface area contributed by atoms with Crippen LogP contribution in [-0.4, -0.2) is 5.60 Å². The molecule has 0 bridgehead atoms. The van der Waals surface area contributed by atoms with Gasteiger partial charge in [0, 0.05) is 6.42 Å². The molecule has 0 spiro atoms. The van der Waals surface area contributed by atoms with Crippen molar-refractivity contribution in [2.45, 2.75) is 45.6 Å². The van der Waals surface area contributed by atoms with Crippen LogP contribution in [0.4, 0.5) is 0 Å². The van der Waals surface area contributed by atoms with E-state index in [4.69, 9.17) is 4.74 Å². The van der Waals surface area contributed by atoms with Gasteiger partial charge in [-0.15, -0.1) is 0 Å². The predicted molar refractivity (Wildman–Crippen MR) is 49.8 cm³/mol. The first-order valence-corrected chi connectivity index (χ1v) is 4.67. The summed E-state index contributed by atoms with van der Waals surface area (Å²) in [6, 6.07) is 0. The lowest BCUT2D eigenvalue weighted by Gasteiger charge is -2.17. The van der Waals surface area contributed by atoms with Gasteiger partial charge >= 0.3 is 0 Å². The lowest BCUT2D eigenvalue weighted by atomic mass is 9.94. The molecule has 1 heteroatoms. The van der Waals surface area contributed by atoms with Crippen molar-refractivity contribution < 1.29 is 4.74 Å². The van der Waals surface area contributed by atoms with Crippen molar-refractivity contribution in [1.29, 1.82) is 0 Å². The molecule has 66 valence electrons. The third-order valence-corrected chi connectivity index (χ3v) is 2.58. The fourth-order valence-electron chi connectivity index (χ4n) is 2.02. The third kappa shape index (κ3) is 1.17. The lowest BCUT2D eigenvalue weighted by Crippen LogP contribution is -2.15. The summed E-state index contributed by atoms with van der Waals surface area (Å²) in [5.41, 5.74) is 2.90. The number of hydrogen-bond acceptors (Lipinski definition) is 1. The predicted octanol–water partition coefficient (Wildman–Crippen LogP) is 3.18. The van der Waals surface area contributed by atoms with Crippen molar-refractivity contribution in [2.75, 3.05) is 0 Å². The molecule has 1 heterocycles. The highest BCUT2D eigenvalue weighted by Crippen LogP contribution is 2.41. The summed E-state index contributed by atoms with van der Waals surface area (Å²) >= 11 is 0. The van der Waals surface area contributed by atoms with Gasteiger partial charge in [-0.3, -0.25) is 0 Å². The van der Waals surface area contributed by atoms with Gasteiger partial charge in [-0.1, -0.05) is 6.08 Å². The van der Waals surface area contributed by atoms with Crippen LogP contribution in [-0.2, 0) is 4.74 Å². The third-order valence-electron chi connectivity index (χ3n) is 2.58. The SMILES string of the molecule is CC1=C2OC(C)(C)CC2=CCC1. The summed E-state index contributed by atoms with van der Waals surface area (Å²) in [4.78, 5) is 0. The summed E-state index contributed by atoms with van der Waals surface area (Å²) in [6.07, 6.45) is 5.79. The smallest absolute Gasteiger partial charge is 0.122 e. The van der Waals surface area contributed by atoms with Crippen LogP contribution in [0.15, 0.2) is 23.0 Å². The van der Waals surface area contributed by atoms with Gasteiger partial charge in [0.2, 0.25) is 0 Å². The standard InChI is InChI=1S/C11H16O/c1-8-5-4-6-9-7-11(2,3)12-10(8)9/h6H,4-5,7H2,1-3H3. The number of allylic oxidation sites excluding steroid dienone is 3. The molecule has 0 aromatic rings. The molecule has 0 atom stereocenters. The summed E-state index contributed by atoms with van der Waals surface area (Å²) in [5, 5.41) is 0. The second-order valence-electron chi connectivity index (χ2n) is 4.42. The van der Waals surface area contributed by atoms with E-state index >= 15 is 0 Å². The van der Waals surface area contributed by atoms with Gasteiger partial charge in [0.05, 0.1) is 0 Å². The molecule has 0 saturated carbocycles. The zero-order chi connectivity index (χ0) is 8.77. The maximum absolute atomic E-state index is 5.88. The highest BCUT2D eigenvalue weighted by atomic mass is 16.5. The van der Waals surface area contributed by atoms with Crippen molar-refractivity contribution in [1.82, 2.24) is 0 Å². The van der Waals surface area contributed by atoms with E-state index in [-0.39, 0.29) is 5.60 Å².